The maximum absolute atomic E-state index is 12.4. The quantitative estimate of drug-likeness (QED) is 0.878. The molecule has 0 radical (unpaired) electrons. The van der Waals surface area contributed by atoms with E-state index in [-0.39, 0.29) is 11.9 Å². The minimum atomic E-state index is -0.00844. The third kappa shape index (κ3) is 2.43. The fraction of sp³-hybridized carbons (Fsp3) is 0.533. The summed E-state index contributed by atoms with van der Waals surface area (Å²) in [4.78, 5) is 12.4. The Hall–Kier alpha value is -0.870. The molecule has 1 aliphatic carbocycles. The molecule has 3 nitrogen and oxygen atoms in total. The van der Waals surface area contributed by atoms with Crippen molar-refractivity contribution in [3.63, 3.8) is 0 Å². The van der Waals surface area contributed by atoms with E-state index in [0.717, 1.165) is 22.3 Å². The highest BCUT2D eigenvalue weighted by molar-refractivity contribution is 9.10. The molecule has 4 heteroatoms. The molecule has 2 aliphatic rings. The Labute approximate surface area is 122 Å². The SMILES string of the molecule is Cc1c(Br)cccc1NC(=O)C1NCC2CCCC21. The molecule has 2 fully saturated rings. The largest absolute Gasteiger partial charge is 0.324 e. The predicted octanol–water partition coefficient (Wildman–Crippen LogP) is 3.08. The topological polar surface area (TPSA) is 41.1 Å². The summed E-state index contributed by atoms with van der Waals surface area (Å²) in [5.41, 5.74) is 1.99. The van der Waals surface area contributed by atoms with Gasteiger partial charge in [0.1, 0.15) is 0 Å². The lowest BCUT2D eigenvalue weighted by Crippen LogP contribution is -2.39. The minimum Gasteiger partial charge on any atom is -0.324 e. The molecular formula is C15H19BrN2O. The van der Waals surface area contributed by atoms with E-state index in [2.05, 4.69) is 26.6 Å². The summed E-state index contributed by atoms with van der Waals surface area (Å²) in [6, 6.07) is 5.89. The Kier molecular flexibility index (Phi) is 3.63. The molecule has 1 saturated heterocycles. The van der Waals surface area contributed by atoms with Gasteiger partial charge in [-0.3, -0.25) is 4.79 Å². The lowest BCUT2D eigenvalue weighted by Gasteiger charge is -2.18. The first kappa shape index (κ1) is 13.1. The zero-order chi connectivity index (χ0) is 13.4. The van der Waals surface area contributed by atoms with E-state index >= 15 is 0 Å². The normalized spacial score (nSPS) is 29.3. The van der Waals surface area contributed by atoms with Crippen LogP contribution in [0.1, 0.15) is 24.8 Å². The minimum absolute atomic E-state index is 0.00844. The number of amides is 1. The van der Waals surface area contributed by atoms with Gasteiger partial charge >= 0.3 is 0 Å². The van der Waals surface area contributed by atoms with Gasteiger partial charge in [-0.25, -0.2) is 0 Å². The van der Waals surface area contributed by atoms with Crippen LogP contribution in [0.3, 0.4) is 0 Å². The maximum atomic E-state index is 12.4. The van der Waals surface area contributed by atoms with Crippen LogP contribution in [0.15, 0.2) is 22.7 Å². The van der Waals surface area contributed by atoms with Gasteiger partial charge in [-0.1, -0.05) is 28.4 Å². The molecule has 0 bridgehead atoms. The third-order valence-electron chi connectivity index (χ3n) is 4.55. The Morgan fingerprint density at radius 2 is 2.26 bits per heavy atom. The summed E-state index contributed by atoms with van der Waals surface area (Å²) >= 11 is 3.50. The fourth-order valence-corrected chi connectivity index (χ4v) is 3.79. The molecule has 3 unspecified atom stereocenters. The molecule has 1 aromatic carbocycles. The maximum Gasteiger partial charge on any atom is 0.241 e. The number of rotatable bonds is 2. The molecule has 1 amide bonds. The molecule has 1 saturated carbocycles. The molecule has 3 atom stereocenters. The van der Waals surface area contributed by atoms with E-state index < -0.39 is 0 Å². The molecular weight excluding hydrogens is 304 g/mol. The predicted molar refractivity (Wildman–Crippen MR) is 80.1 cm³/mol. The average molecular weight is 323 g/mol. The zero-order valence-corrected chi connectivity index (χ0v) is 12.7. The fourth-order valence-electron chi connectivity index (χ4n) is 3.43. The van der Waals surface area contributed by atoms with Crippen molar-refractivity contribution in [2.45, 2.75) is 32.2 Å². The van der Waals surface area contributed by atoms with Gasteiger partial charge in [0.2, 0.25) is 5.91 Å². The second kappa shape index (κ2) is 5.25. The average Bonchev–Trinajstić information content (AvgIpc) is 2.96. The molecule has 1 heterocycles. The summed E-state index contributed by atoms with van der Waals surface area (Å²) in [6.07, 6.45) is 3.74. The van der Waals surface area contributed by atoms with E-state index in [1.165, 1.54) is 19.3 Å². The van der Waals surface area contributed by atoms with E-state index in [9.17, 15) is 4.79 Å². The number of benzene rings is 1. The number of anilines is 1. The van der Waals surface area contributed by atoms with Crippen molar-refractivity contribution in [2.75, 3.05) is 11.9 Å². The van der Waals surface area contributed by atoms with Crippen molar-refractivity contribution in [1.82, 2.24) is 5.32 Å². The standard InChI is InChI=1S/C15H19BrN2O/c1-9-12(16)6-3-7-13(9)18-15(19)14-11-5-2-4-10(11)8-17-14/h3,6-7,10-11,14,17H,2,4-5,8H2,1H3,(H,18,19). The van der Waals surface area contributed by atoms with Crippen LogP contribution in [0.25, 0.3) is 0 Å². The third-order valence-corrected chi connectivity index (χ3v) is 5.41. The molecule has 1 aromatic rings. The van der Waals surface area contributed by atoms with Crippen molar-refractivity contribution in [1.29, 1.82) is 0 Å². The zero-order valence-electron chi connectivity index (χ0n) is 11.1. The lowest BCUT2D eigenvalue weighted by molar-refractivity contribution is -0.118. The second-order valence-corrected chi connectivity index (χ2v) is 6.50. The number of carbonyl (C=O) groups excluding carboxylic acids is 1. The lowest BCUT2D eigenvalue weighted by atomic mass is 9.93. The monoisotopic (exact) mass is 322 g/mol. The highest BCUT2D eigenvalue weighted by Crippen LogP contribution is 2.38. The van der Waals surface area contributed by atoms with Crippen LogP contribution >= 0.6 is 15.9 Å². The Balaban J connectivity index is 1.73. The Morgan fingerprint density at radius 3 is 3.11 bits per heavy atom. The molecule has 102 valence electrons. The molecule has 0 spiro atoms. The van der Waals surface area contributed by atoms with Gasteiger partial charge in [-0.05, 0) is 55.8 Å². The van der Waals surface area contributed by atoms with Crippen molar-refractivity contribution in [3.8, 4) is 0 Å². The number of nitrogens with one attached hydrogen (secondary N) is 2. The summed E-state index contributed by atoms with van der Waals surface area (Å²) < 4.78 is 1.03. The first-order chi connectivity index (χ1) is 9.16. The van der Waals surface area contributed by atoms with Gasteiger partial charge < -0.3 is 10.6 Å². The number of halogens is 1. The van der Waals surface area contributed by atoms with E-state index in [1.807, 2.05) is 25.1 Å². The smallest absolute Gasteiger partial charge is 0.241 e. The van der Waals surface area contributed by atoms with Crippen LogP contribution in [-0.4, -0.2) is 18.5 Å². The van der Waals surface area contributed by atoms with Crippen LogP contribution in [0.2, 0.25) is 0 Å². The Bertz CT molecular complexity index is 503. The van der Waals surface area contributed by atoms with Crippen molar-refractivity contribution < 1.29 is 4.79 Å². The summed E-state index contributed by atoms with van der Waals surface area (Å²) in [6.45, 7) is 3.01. The first-order valence-corrected chi connectivity index (χ1v) is 7.75. The van der Waals surface area contributed by atoms with Crippen LogP contribution in [0.5, 0.6) is 0 Å². The van der Waals surface area contributed by atoms with Crippen molar-refractivity contribution >= 4 is 27.5 Å². The Morgan fingerprint density at radius 1 is 1.42 bits per heavy atom. The summed E-state index contributed by atoms with van der Waals surface area (Å²) in [5.74, 6) is 1.36. The molecule has 2 N–H and O–H groups in total. The number of carbonyl (C=O) groups is 1. The second-order valence-electron chi connectivity index (χ2n) is 5.64. The highest BCUT2D eigenvalue weighted by atomic mass is 79.9. The molecule has 19 heavy (non-hydrogen) atoms. The van der Waals surface area contributed by atoms with Crippen LogP contribution in [-0.2, 0) is 4.79 Å². The molecule has 1 aliphatic heterocycles. The van der Waals surface area contributed by atoms with Gasteiger partial charge in [0.15, 0.2) is 0 Å². The summed E-state index contributed by atoms with van der Waals surface area (Å²) in [5, 5.41) is 6.46. The highest BCUT2D eigenvalue weighted by Gasteiger charge is 2.42. The summed E-state index contributed by atoms with van der Waals surface area (Å²) in [7, 11) is 0. The van der Waals surface area contributed by atoms with Gasteiger partial charge in [0.05, 0.1) is 6.04 Å². The van der Waals surface area contributed by atoms with E-state index in [0.29, 0.717) is 11.8 Å². The number of hydrogen-bond acceptors (Lipinski definition) is 2. The van der Waals surface area contributed by atoms with E-state index in [4.69, 9.17) is 0 Å². The van der Waals surface area contributed by atoms with Crippen LogP contribution in [0.4, 0.5) is 5.69 Å². The molecule has 0 aromatic heterocycles. The number of fused-ring (bicyclic) bond motifs is 1. The van der Waals surface area contributed by atoms with Gasteiger partial charge in [0.25, 0.3) is 0 Å². The van der Waals surface area contributed by atoms with Crippen LogP contribution < -0.4 is 10.6 Å². The van der Waals surface area contributed by atoms with E-state index in [1.54, 1.807) is 0 Å². The first-order valence-electron chi connectivity index (χ1n) is 6.96. The van der Waals surface area contributed by atoms with Gasteiger partial charge in [-0.2, -0.15) is 0 Å². The number of hydrogen-bond donors (Lipinski definition) is 2. The van der Waals surface area contributed by atoms with Crippen molar-refractivity contribution in [2.24, 2.45) is 11.8 Å². The van der Waals surface area contributed by atoms with Crippen LogP contribution in [0, 0.1) is 18.8 Å². The van der Waals surface area contributed by atoms with Gasteiger partial charge in [0, 0.05) is 10.2 Å². The van der Waals surface area contributed by atoms with Crippen molar-refractivity contribution in [3.05, 3.63) is 28.2 Å². The van der Waals surface area contributed by atoms with Gasteiger partial charge in [-0.15, -0.1) is 0 Å². The molecule has 3 rings (SSSR count).